The van der Waals surface area contributed by atoms with Crippen LogP contribution in [0.15, 0.2) is 24.3 Å². The number of aliphatic carboxylic acids is 1. The van der Waals surface area contributed by atoms with Gasteiger partial charge in [0.05, 0.1) is 13.2 Å². The Morgan fingerprint density at radius 3 is 2.70 bits per heavy atom. The van der Waals surface area contributed by atoms with Crippen molar-refractivity contribution in [3.05, 3.63) is 29.8 Å². The van der Waals surface area contributed by atoms with Crippen LogP contribution in [0.2, 0.25) is 0 Å². The Hall–Kier alpha value is -1.59. The smallest absolute Gasteiger partial charge is 0.329 e. The number of carbonyl (C=O) groups is 1. The van der Waals surface area contributed by atoms with Gasteiger partial charge in [0.1, 0.15) is 12.4 Å². The van der Waals surface area contributed by atoms with Gasteiger partial charge in [0.2, 0.25) is 0 Å². The summed E-state index contributed by atoms with van der Waals surface area (Å²) < 4.78 is 10.7. The Kier molecular flexibility index (Phi) is 5.38. The van der Waals surface area contributed by atoms with E-state index in [1.165, 1.54) is 5.56 Å². The fourth-order valence-electron chi connectivity index (χ4n) is 2.50. The zero-order chi connectivity index (χ0) is 14.4. The van der Waals surface area contributed by atoms with Gasteiger partial charge < -0.3 is 14.6 Å². The van der Waals surface area contributed by atoms with Gasteiger partial charge in [-0.2, -0.15) is 0 Å². The van der Waals surface area contributed by atoms with Crippen molar-refractivity contribution in [3.63, 3.8) is 0 Å². The molecule has 1 aliphatic rings. The Morgan fingerprint density at radius 1 is 1.35 bits per heavy atom. The van der Waals surface area contributed by atoms with E-state index < -0.39 is 5.97 Å². The molecular formula is C15H21NO4. The van der Waals surface area contributed by atoms with Crippen LogP contribution in [0.3, 0.4) is 0 Å². The summed E-state index contributed by atoms with van der Waals surface area (Å²) in [5, 5.41) is 8.60. The van der Waals surface area contributed by atoms with Crippen LogP contribution in [-0.2, 0) is 16.1 Å². The average Bonchev–Trinajstić information content (AvgIpc) is 2.47. The summed E-state index contributed by atoms with van der Waals surface area (Å²) in [6.45, 7) is 2.50. The van der Waals surface area contributed by atoms with Gasteiger partial charge in [-0.15, -0.1) is 0 Å². The van der Waals surface area contributed by atoms with Crippen molar-refractivity contribution in [3.8, 4) is 5.75 Å². The van der Waals surface area contributed by atoms with E-state index in [0.29, 0.717) is 0 Å². The van der Waals surface area contributed by atoms with Crippen molar-refractivity contribution in [2.24, 2.45) is 0 Å². The van der Waals surface area contributed by atoms with Crippen LogP contribution in [-0.4, -0.2) is 48.9 Å². The molecule has 1 heterocycles. The second-order valence-electron chi connectivity index (χ2n) is 4.99. The molecule has 0 aliphatic carbocycles. The van der Waals surface area contributed by atoms with E-state index in [0.717, 1.165) is 38.2 Å². The first-order valence-electron chi connectivity index (χ1n) is 6.86. The van der Waals surface area contributed by atoms with E-state index in [1.54, 1.807) is 7.11 Å². The molecule has 0 aromatic heterocycles. The maximum absolute atomic E-state index is 10.5. The summed E-state index contributed by atoms with van der Waals surface area (Å²) in [6, 6.07) is 8.03. The van der Waals surface area contributed by atoms with Gasteiger partial charge in [-0.1, -0.05) is 18.2 Å². The number of methoxy groups -OCH3 is 1. The van der Waals surface area contributed by atoms with Crippen molar-refractivity contribution < 1.29 is 19.4 Å². The number of likely N-dealkylation sites (tertiary alicyclic amines) is 1. The molecule has 1 fully saturated rings. The van der Waals surface area contributed by atoms with Crippen molar-refractivity contribution >= 4 is 5.97 Å². The van der Waals surface area contributed by atoms with E-state index in [9.17, 15) is 4.79 Å². The lowest BCUT2D eigenvalue weighted by Crippen LogP contribution is -2.37. The van der Waals surface area contributed by atoms with Crippen LogP contribution in [0.1, 0.15) is 18.4 Å². The SMILES string of the molecule is COc1ccccc1CN1CCC(OCC(=O)O)CC1. The average molecular weight is 279 g/mol. The van der Waals surface area contributed by atoms with Crippen LogP contribution in [0.4, 0.5) is 0 Å². The predicted molar refractivity (Wildman–Crippen MR) is 74.9 cm³/mol. The number of para-hydroxylation sites is 1. The molecule has 0 radical (unpaired) electrons. The Morgan fingerprint density at radius 2 is 2.05 bits per heavy atom. The summed E-state index contributed by atoms with van der Waals surface area (Å²) in [5.41, 5.74) is 1.18. The summed E-state index contributed by atoms with van der Waals surface area (Å²) in [4.78, 5) is 12.8. The first-order chi connectivity index (χ1) is 9.69. The molecule has 0 atom stereocenters. The van der Waals surface area contributed by atoms with Crippen molar-refractivity contribution in [2.75, 3.05) is 26.8 Å². The van der Waals surface area contributed by atoms with Crippen LogP contribution >= 0.6 is 0 Å². The van der Waals surface area contributed by atoms with Gasteiger partial charge in [0.15, 0.2) is 0 Å². The Labute approximate surface area is 119 Å². The Bertz CT molecular complexity index is 441. The van der Waals surface area contributed by atoms with Crippen molar-refractivity contribution in [2.45, 2.75) is 25.5 Å². The van der Waals surface area contributed by atoms with Crippen LogP contribution < -0.4 is 4.74 Å². The molecule has 20 heavy (non-hydrogen) atoms. The quantitative estimate of drug-likeness (QED) is 0.860. The number of rotatable bonds is 6. The van der Waals surface area contributed by atoms with Gasteiger partial charge >= 0.3 is 5.97 Å². The molecular weight excluding hydrogens is 258 g/mol. The number of carboxylic acids is 1. The van der Waals surface area contributed by atoms with E-state index in [2.05, 4.69) is 11.0 Å². The molecule has 0 spiro atoms. The third-order valence-corrected chi connectivity index (χ3v) is 3.56. The van der Waals surface area contributed by atoms with Gasteiger partial charge in [-0.05, 0) is 18.9 Å². The highest BCUT2D eigenvalue weighted by Crippen LogP contribution is 2.22. The lowest BCUT2D eigenvalue weighted by atomic mass is 10.1. The molecule has 0 unspecified atom stereocenters. The maximum atomic E-state index is 10.5. The number of nitrogens with zero attached hydrogens (tertiary/aromatic N) is 1. The molecule has 2 rings (SSSR count). The number of piperidine rings is 1. The number of hydrogen-bond acceptors (Lipinski definition) is 4. The molecule has 1 aliphatic heterocycles. The summed E-state index contributed by atoms with van der Waals surface area (Å²) in [7, 11) is 1.69. The van der Waals surface area contributed by atoms with Gasteiger partial charge in [0, 0.05) is 25.2 Å². The fraction of sp³-hybridized carbons (Fsp3) is 0.533. The number of hydrogen-bond donors (Lipinski definition) is 1. The van der Waals surface area contributed by atoms with E-state index in [4.69, 9.17) is 14.6 Å². The summed E-state index contributed by atoms with van der Waals surface area (Å²) >= 11 is 0. The number of benzene rings is 1. The fourth-order valence-corrected chi connectivity index (χ4v) is 2.50. The molecule has 1 saturated heterocycles. The lowest BCUT2D eigenvalue weighted by molar-refractivity contribution is -0.145. The van der Waals surface area contributed by atoms with Gasteiger partial charge in [-0.3, -0.25) is 4.90 Å². The molecule has 1 aromatic carbocycles. The third-order valence-electron chi connectivity index (χ3n) is 3.56. The first kappa shape index (κ1) is 14.8. The van der Waals surface area contributed by atoms with Crippen LogP contribution in [0, 0.1) is 0 Å². The molecule has 0 bridgehead atoms. The van der Waals surface area contributed by atoms with Gasteiger partial charge in [-0.25, -0.2) is 4.79 Å². The lowest BCUT2D eigenvalue weighted by Gasteiger charge is -2.31. The van der Waals surface area contributed by atoms with E-state index >= 15 is 0 Å². The predicted octanol–water partition coefficient (Wildman–Crippen LogP) is 1.76. The minimum absolute atomic E-state index is 0.0695. The summed E-state index contributed by atoms with van der Waals surface area (Å²) in [5.74, 6) is 0.0122. The highest BCUT2D eigenvalue weighted by molar-refractivity contribution is 5.68. The first-order valence-corrected chi connectivity index (χ1v) is 6.86. The maximum Gasteiger partial charge on any atom is 0.329 e. The minimum atomic E-state index is -0.901. The number of carboxylic acid groups (broad SMARTS) is 1. The minimum Gasteiger partial charge on any atom is -0.496 e. The second kappa shape index (κ2) is 7.26. The molecule has 1 aromatic rings. The highest BCUT2D eigenvalue weighted by atomic mass is 16.5. The third kappa shape index (κ3) is 4.21. The highest BCUT2D eigenvalue weighted by Gasteiger charge is 2.21. The number of ether oxygens (including phenoxy) is 2. The van der Waals surface area contributed by atoms with Crippen LogP contribution in [0.5, 0.6) is 5.75 Å². The van der Waals surface area contributed by atoms with Gasteiger partial charge in [0.25, 0.3) is 0 Å². The molecule has 0 saturated carbocycles. The topological polar surface area (TPSA) is 59.0 Å². The monoisotopic (exact) mass is 279 g/mol. The standard InChI is InChI=1S/C15H21NO4/c1-19-14-5-3-2-4-12(14)10-16-8-6-13(7-9-16)20-11-15(17)18/h2-5,13H,6-11H2,1H3,(H,17,18). The van der Waals surface area contributed by atoms with E-state index in [-0.39, 0.29) is 12.7 Å². The molecule has 0 amide bonds. The second-order valence-corrected chi connectivity index (χ2v) is 4.99. The van der Waals surface area contributed by atoms with Crippen molar-refractivity contribution in [1.82, 2.24) is 4.90 Å². The zero-order valence-corrected chi connectivity index (χ0v) is 11.7. The van der Waals surface area contributed by atoms with Crippen LogP contribution in [0.25, 0.3) is 0 Å². The molecule has 5 heteroatoms. The Balaban J connectivity index is 1.81. The summed E-state index contributed by atoms with van der Waals surface area (Å²) in [6.07, 6.45) is 1.82. The normalized spacial score (nSPS) is 17.1. The molecule has 1 N–H and O–H groups in total. The van der Waals surface area contributed by atoms with E-state index in [1.807, 2.05) is 18.2 Å². The molecule has 5 nitrogen and oxygen atoms in total. The van der Waals surface area contributed by atoms with Crippen molar-refractivity contribution in [1.29, 1.82) is 0 Å². The zero-order valence-electron chi connectivity index (χ0n) is 11.7. The largest absolute Gasteiger partial charge is 0.496 e. The molecule has 110 valence electrons.